The fourth-order valence-electron chi connectivity index (χ4n) is 3.51. The maximum Gasteiger partial charge on any atom is 0.227 e. The van der Waals surface area contributed by atoms with Crippen LogP contribution < -0.4 is 4.74 Å². The summed E-state index contributed by atoms with van der Waals surface area (Å²) in [6.07, 6.45) is 5.35. The molecule has 0 N–H and O–H groups in total. The Balaban J connectivity index is 1.49. The number of ether oxygens (including phenoxy) is 1. The van der Waals surface area contributed by atoms with E-state index in [1.807, 2.05) is 43.4 Å². The predicted molar refractivity (Wildman–Crippen MR) is 107 cm³/mol. The van der Waals surface area contributed by atoms with Gasteiger partial charge in [-0.25, -0.2) is 0 Å². The number of hydrogen-bond acceptors (Lipinski definition) is 4. The third-order valence-corrected chi connectivity index (χ3v) is 5.23. The highest BCUT2D eigenvalue weighted by Crippen LogP contribution is 2.21. The maximum atomic E-state index is 12.7. The molecule has 6 nitrogen and oxygen atoms in total. The van der Waals surface area contributed by atoms with Crippen LogP contribution in [-0.4, -0.2) is 60.4 Å². The Hall–Kier alpha value is -2.89. The first kappa shape index (κ1) is 19.9. The fraction of sp³-hybridized carbons (Fsp3) is 0.409. The summed E-state index contributed by atoms with van der Waals surface area (Å²) < 4.78 is 5.24. The molecule has 1 atom stereocenters. The van der Waals surface area contributed by atoms with Crippen molar-refractivity contribution in [1.29, 1.82) is 0 Å². The van der Waals surface area contributed by atoms with Gasteiger partial charge in [-0.05, 0) is 48.2 Å². The van der Waals surface area contributed by atoms with Gasteiger partial charge in [-0.2, -0.15) is 0 Å². The second kappa shape index (κ2) is 9.35. The van der Waals surface area contributed by atoms with Crippen LogP contribution in [0.3, 0.4) is 0 Å². The van der Waals surface area contributed by atoms with Gasteiger partial charge in [-0.15, -0.1) is 0 Å². The number of carbonyl (C=O) groups is 2. The standard InChI is InChI=1S/C22H27N3O3/c1-24(12-8-17-6-10-23-11-7-17)22(27)19-15-21(26)25(16-19)13-9-18-4-3-5-20(14-18)28-2/h3-7,10-11,14,19H,8-9,12-13,15-16H2,1-2H3. The number of likely N-dealkylation sites (N-methyl/N-ethyl adjacent to an activating group) is 1. The summed E-state index contributed by atoms with van der Waals surface area (Å²) in [7, 11) is 3.46. The van der Waals surface area contributed by atoms with Gasteiger partial charge in [0.2, 0.25) is 11.8 Å². The summed E-state index contributed by atoms with van der Waals surface area (Å²) in [6, 6.07) is 11.8. The zero-order valence-corrected chi connectivity index (χ0v) is 16.5. The molecule has 1 aromatic heterocycles. The number of amides is 2. The van der Waals surface area contributed by atoms with Crippen LogP contribution in [0.2, 0.25) is 0 Å². The van der Waals surface area contributed by atoms with Gasteiger partial charge in [0, 0.05) is 45.5 Å². The lowest BCUT2D eigenvalue weighted by molar-refractivity contribution is -0.134. The van der Waals surface area contributed by atoms with Crippen LogP contribution in [0.4, 0.5) is 0 Å². The Kier molecular flexibility index (Phi) is 6.63. The number of rotatable bonds is 8. The Labute approximate surface area is 166 Å². The number of hydrogen-bond donors (Lipinski definition) is 0. The van der Waals surface area contributed by atoms with Crippen molar-refractivity contribution in [3.05, 3.63) is 59.9 Å². The molecule has 0 radical (unpaired) electrons. The highest BCUT2D eigenvalue weighted by Gasteiger charge is 2.35. The minimum Gasteiger partial charge on any atom is -0.497 e. The van der Waals surface area contributed by atoms with Crippen molar-refractivity contribution in [2.24, 2.45) is 5.92 Å². The molecule has 1 saturated heterocycles. The van der Waals surface area contributed by atoms with Crippen molar-refractivity contribution in [3.8, 4) is 5.75 Å². The molecule has 1 aliphatic rings. The Bertz CT molecular complexity index is 810. The van der Waals surface area contributed by atoms with Crippen molar-refractivity contribution in [2.45, 2.75) is 19.3 Å². The Morgan fingerprint density at radius 2 is 2.00 bits per heavy atom. The fourth-order valence-corrected chi connectivity index (χ4v) is 3.51. The molecule has 0 aliphatic carbocycles. The van der Waals surface area contributed by atoms with Gasteiger partial charge in [-0.3, -0.25) is 14.6 Å². The van der Waals surface area contributed by atoms with E-state index in [2.05, 4.69) is 4.98 Å². The summed E-state index contributed by atoms with van der Waals surface area (Å²) >= 11 is 0. The quantitative estimate of drug-likeness (QED) is 0.703. The molecule has 0 saturated carbocycles. The van der Waals surface area contributed by atoms with Crippen LogP contribution in [-0.2, 0) is 22.4 Å². The molecule has 28 heavy (non-hydrogen) atoms. The van der Waals surface area contributed by atoms with Crippen LogP contribution in [0.5, 0.6) is 5.75 Å². The van der Waals surface area contributed by atoms with Gasteiger partial charge >= 0.3 is 0 Å². The smallest absolute Gasteiger partial charge is 0.227 e. The molecule has 3 rings (SSSR count). The van der Waals surface area contributed by atoms with Gasteiger partial charge < -0.3 is 14.5 Å². The van der Waals surface area contributed by atoms with E-state index >= 15 is 0 Å². The molecule has 1 aliphatic heterocycles. The average molecular weight is 381 g/mol. The van der Waals surface area contributed by atoms with Crippen LogP contribution in [0.15, 0.2) is 48.8 Å². The molecule has 2 aromatic rings. The number of aromatic nitrogens is 1. The van der Waals surface area contributed by atoms with E-state index in [0.717, 1.165) is 29.7 Å². The number of nitrogens with zero attached hydrogens (tertiary/aromatic N) is 3. The zero-order chi connectivity index (χ0) is 19.9. The first-order chi connectivity index (χ1) is 13.6. The first-order valence-electron chi connectivity index (χ1n) is 9.61. The van der Waals surface area contributed by atoms with Crippen LogP contribution in [0.1, 0.15) is 17.5 Å². The molecule has 1 unspecified atom stereocenters. The van der Waals surface area contributed by atoms with E-state index in [0.29, 0.717) is 26.1 Å². The second-order valence-corrected chi connectivity index (χ2v) is 7.21. The van der Waals surface area contributed by atoms with Crippen LogP contribution in [0.25, 0.3) is 0 Å². The largest absolute Gasteiger partial charge is 0.497 e. The van der Waals surface area contributed by atoms with Crippen molar-refractivity contribution < 1.29 is 14.3 Å². The summed E-state index contributed by atoms with van der Waals surface area (Å²) in [4.78, 5) is 32.6. The molecular formula is C22H27N3O3. The number of carbonyl (C=O) groups excluding carboxylic acids is 2. The normalized spacial score (nSPS) is 16.3. The molecule has 1 aromatic carbocycles. The van der Waals surface area contributed by atoms with Gasteiger partial charge in [0.1, 0.15) is 5.75 Å². The van der Waals surface area contributed by atoms with E-state index in [1.165, 1.54) is 0 Å². The van der Waals surface area contributed by atoms with Crippen LogP contribution in [0, 0.1) is 5.92 Å². The molecule has 1 fully saturated rings. The average Bonchev–Trinajstić information content (AvgIpc) is 3.11. The maximum absolute atomic E-state index is 12.7. The summed E-state index contributed by atoms with van der Waals surface area (Å²) in [6.45, 7) is 1.76. The third kappa shape index (κ3) is 5.09. The molecule has 0 spiro atoms. The van der Waals surface area contributed by atoms with Gasteiger partial charge in [-0.1, -0.05) is 12.1 Å². The first-order valence-corrected chi connectivity index (χ1v) is 9.61. The Morgan fingerprint density at radius 1 is 1.21 bits per heavy atom. The lowest BCUT2D eigenvalue weighted by Crippen LogP contribution is -2.36. The zero-order valence-electron chi connectivity index (χ0n) is 16.5. The molecule has 6 heteroatoms. The van der Waals surface area contributed by atoms with E-state index < -0.39 is 0 Å². The lowest BCUT2D eigenvalue weighted by Gasteiger charge is -2.21. The molecule has 0 bridgehead atoms. The van der Waals surface area contributed by atoms with Crippen molar-refractivity contribution in [2.75, 3.05) is 33.8 Å². The summed E-state index contributed by atoms with van der Waals surface area (Å²) in [5.41, 5.74) is 2.27. The molecule has 148 valence electrons. The lowest BCUT2D eigenvalue weighted by atomic mass is 10.1. The number of methoxy groups -OCH3 is 1. The van der Waals surface area contributed by atoms with Crippen molar-refractivity contribution in [1.82, 2.24) is 14.8 Å². The molecular weight excluding hydrogens is 354 g/mol. The van der Waals surface area contributed by atoms with E-state index in [4.69, 9.17) is 4.74 Å². The van der Waals surface area contributed by atoms with E-state index in [1.54, 1.807) is 29.3 Å². The molecule has 2 heterocycles. The van der Waals surface area contributed by atoms with Crippen molar-refractivity contribution in [3.63, 3.8) is 0 Å². The monoisotopic (exact) mass is 381 g/mol. The van der Waals surface area contributed by atoms with Gasteiger partial charge in [0.25, 0.3) is 0 Å². The van der Waals surface area contributed by atoms with Crippen molar-refractivity contribution >= 4 is 11.8 Å². The minimum absolute atomic E-state index is 0.0475. The highest BCUT2D eigenvalue weighted by atomic mass is 16.5. The number of likely N-dealkylation sites (tertiary alicyclic amines) is 1. The molecule has 2 amide bonds. The second-order valence-electron chi connectivity index (χ2n) is 7.21. The van der Waals surface area contributed by atoms with Gasteiger partial charge in [0.15, 0.2) is 0 Å². The predicted octanol–water partition coefficient (Wildman–Crippen LogP) is 2.18. The van der Waals surface area contributed by atoms with E-state index in [9.17, 15) is 9.59 Å². The number of benzene rings is 1. The highest BCUT2D eigenvalue weighted by molar-refractivity contribution is 5.89. The third-order valence-electron chi connectivity index (χ3n) is 5.23. The van der Waals surface area contributed by atoms with Gasteiger partial charge in [0.05, 0.1) is 13.0 Å². The summed E-state index contributed by atoms with van der Waals surface area (Å²) in [5, 5.41) is 0. The summed E-state index contributed by atoms with van der Waals surface area (Å²) in [5.74, 6) is 0.671. The topological polar surface area (TPSA) is 62.7 Å². The minimum atomic E-state index is -0.250. The van der Waals surface area contributed by atoms with E-state index in [-0.39, 0.29) is 17.7 Å². The number of pyridine rings is 1. The Morgan fingerprint density at radius 3 is 2.75 bits per heavy atom. The van der Waals surface area contributed by atoms with Crippen LogP contribution >= 0.6 is 0 Å². The SMILES string of the molecule is COc1cccc(CCN2CC(C(=O)N(C)CCc3ccncc3)CC2=O)c1.